The average molecular weight is 287 g/mol. The minimum atomic E-state index is -1.17. The van der Waals surface area contributed by atoms with Crippen molar-refractivity contribution in [2.24, 2.45) is 5.73 Å². The molecule has 0 aromatic heterocycles. The molecule has 0 unspecified atom stereocenters. The van der Waals surface area contributed by atoms with Crippen LogP contribution >= 0.6 is 0 Å². The van der Waals surface area contributed by atoms with Crippen LogP contribution in [0.15, 0.2) is 12.4 Å². The molecule has 0 saturated heterocycles. The molecule has 20 heavy (non-hydrogen) atoms. The van der Waals surface area contributed by atoms with Crippen molar-refractivity contribution in [1.82, 2.24) is 9.80 Å². The van der Waals surface area contributed by atoms with E-state index in [1.54, 1.807) is 0 Å². The maximum absolute atomic E-state index is 9.99. The fourth-order valence-electron chi connectivity index (χ4n) is 1.50. The summed E-state index contributed by atoms with van der Waals surface area (Å²) in [5, 5.41) is 16.3. The lowest BCUT2D eigenvalue weighted by molar-refractivity contribution is -0.139. The second-order valence-electron chi connectivity index (χ2n) is 4.74. The van der Waals surface area contributed by atoms with E-state index in [0.717, 1.165) is 6.67 Å². The molecule has 0 saturated carbocycles. The van der Waals surface area contributed by atoms with Crippen molar-refractivity contribution >= 4 is 11.9 Å². The van der Waals surface area contributed by atoms with Crippen LogP contribution in [0.1, 0.15) is 32.6 Å². The highest BCUT2D eigenvalue weighted by Crippen LogP contribution is 2.04. The summed E-state index contributed by atoms with van der Waals surface area (Å²) >= 11 is 0. The second kappa shape index (κ2) is 10.1. The summed E-state index contributed by atoms with van der Waals surface area (Å²) in [6.07, 6.45) is 6.65. The van der Waals surface area contributed by atoms with E-state index in [9.17, 15) is 9.59 Å². The van der Waals surface area contributed by atoms with Gasteiger partial charge in [-0.05, 0) is 12.8 Å². The van der Waals surface area contributed by atoms with Crippen molar-refractivity contribution in [3.05, 3.63) is 12.4 Å². The molecule has 0 aliphatic carbocycles. The molecule has 1 aliphatic heterocycles. The van der Waals surface area contributed by atoms with Gasteiger partial charge in [0.25, 0.3) is 0 Å². The maximum atomic E-state index is 9.99. The van der Waals surface area contributed by atoms with Gasteiger partial charge >= 0.3 is 11.9 Å². The van der Waals surface area contributed by atoms with Crippen LogP contribution in [0, 0.1) is 0 Å². The number of carboxylic acid groups (broad SMARTS) is 2. The molecule has 1 heterocycles. The van der Waals surface area contributed by atoms with Crippen molar-refractivity contribution in [3.8, 4) is 0 Å². The van der Waals surface area contributed by atoms with Crippen LogP contribution in [0.4, 0.5) is 0 Å². The maximum Gasteiger partial charge on any atom is 0.320 e. The zero-order valence-corrected chi connectivity index (χ0v) is 12.2. The molecule has 1 aliphatic rings. The highest BCUT2D eigenvalue weighted by Gasteiger charge is 2.12. The van der Waals surface area contributed by atoms with Crippen LogP contribution in [-0.4, -0.2) is 58.3 Å². The Morgan fingerprint density at radius 2 is 2.00 bits per heavy atom. The fraction of sp³-hybridized carbons (Fsp3) is 0.692. The molecule has 4 N–H and O–H groups in total. The molecular weight excluding hydrogens is 262 g/mol. The highest BCUT2D eigenvalue weighted by atomic mass is 16.4. The first kappa shape index (κ1) is 18.2. The van der Waals surface area contributed by atoms with Crippen molar-refractivity contribution < 1.29 is 19.8 Å². The van der Waals surface area contributed by atoms with E-state index in [4.69, 9.17) is 15.9 Å². The Balaban J connectivity index is 0.000000361. The second-order valence-corrected chi connectivity index (χ2v) is 4.74. The van der Waals surface area contributed by atoms with E-state index >= 15 is 0 Å². The number of aliphatic carboxylic acids is 2. The summed E-state index contributed by atoms with van der Waals surface area (Å²) in [6.45, 7) is 4.50. The van der Waals surface area contributed by atoms with Crippen LogP contribution < -0.4 is 5.73 Å². The molecular formula is C13H25N3O4. The Morgan fingerprint density at radius 3 is 2.40 bits per heavy atom. The third-order valence-electron chi connectivity index (χ3n) is 2.72. The number of carbonyl (C=O) groups is 2. The highest BCUT2D eigenvalue weighted by molar-refractivity contribution is 5.74. The van der Waals surface area contributed by atoms with Gasteiger partial charge in [0.15, 0.2) is 0 Å². The predicted molar refractivity (Wildman–Crippen MR) is 75.9 cm³/mol. The van der Waals surface area contributed by atoms with Crippen LogP contribution in [0.2, 0.25) is 0 Å². The Hall–Kier alpha value is -1.76. The van der Waals surface area contributed by atoms with Gasteiger partial charge in [-0.2, -0.15) is 0 Å². The summed E-state index contributed by atoms with van der Waals surface area (Å²) < 4.78 is 0. The van der Waals surface area contributed by atoms with Gasteiger partial charge in [0, 0.05) is 32.4 Å². The minimum Gasteiger partial charge on any atom is -0.481 e. The minimum absolute atomic E-state index is 0.0231. The SMILES string of the molecule is CCCCN1C=CN(C)C1.N[C@@H](CCC(=O)O)C(=O)O. The molecule has 1 rings (SSSR count). The normalized spacial score (nSPS) is 14.8. The van der Waals surface area contributed by atoms with Crippen molar-refractivity contribution in [1.29, 1.82) is 0 Å². The van der Waals surface area contributed by atoms with E-state index in [1.165, 1.54) is 19.4 Å². The van der Waals surface area contributed by atoms with E-state index in [1.807, 2.05) is 0 Å². The van der Waals surface area contributed by atoms with E-state index in [2.05, 4.69) is 36.2 Å². The van der Waals surface area contributed by atoms with Gasteiger partial charge in [0.1, 0.15) is 6.04 Å². The molecule has 116 valence electrons. The van der Waals surface area contributed by atoms with Gasteiger partial charge in [-0.25, -0.2) is 0 Å². The lowest BCUT2D eigenvalue weighted by Crippen LogP contribution is -2.30. The largest absolute Gasteiger partial charge is 0.481 e. The van der Waals surface area contributed by atoms with Crippen LogP contribution in [-0.2, 0) is 9.59 Å². The number of nitrogens with zero attached hydrogens (tertiary/aromatic N) is 2. The number of rotatable bonds is 7. The molecule has 7 nitrogen and oxygen atoms in total. The smallest absolute Gasteiger partial charge is 0.320 e. The summed E-state index contributed by atoms with van der Waals surface area (Å²) in [5.74, 6) is -2.20. The van der Waals surface area contributed by atoms with Crippen molar-refractivity contribution in [2.75, 3.05) is 20.3 Å². The van der Waals surface area contributed by atoms with Gasteiger partial charge in [-0.15, -0.1) is 0 Å². The van der Waals surface area contributed by atoms with E-state index in [-0.39, 0.29) is 12.8 Å². The summed E-state index contributed by atoms with van der Waals surface area (Å²) in [4.78, 5) is 24.4. The van der Waals surface area contributed by atoms with Crippen LogP contribution in [0.5, 0.6) is 0 Å². The van der Waals surface area contributed by atoms with Crippen molar-refractivity contribution in [3.63, 3.8) is 0 Å². The molecule has 1 atom stereocenters. The summed E-state index contributed by atoms with van der Waals surface area (Å²) in [6, 6.07) is -1.06. The van der Waals surface area contributed by atoms with Crippen LogP contribution in [0.3, 0.4) is 0 Å². The Labute approximate surface area is 119 Å². The summed E-state index contributed by atoms with van der Waals surface area (Å²) in [5.41, 5.74) is 5.00. The molecule has 0 amide bonds. The Morgan fingerprint density at radius 1 is 1.35 bits per heavy atom. The van der Waals surface area contributed by atoms with Crippen LogP contribution in [0.25, 0.3) is 0 Å². The first-order valence-corrected chi connectivity index (χ1v) is 6.69. The molecule has 0 aromatic rings. The lowest BCUT2D eigenvalue weighted by atomic mass is 10.2. The van der Waals surface area contributed by atoms with Gasteiger partial charge in [-0.3, -0.25) is 9.59 Å². The third-order valence-corrected chi connectivity index (χ3v) is 2.72. The average Bonchev–Trinajstić information content (AvgIpc) is 2.79. The number of unbranched alkanes of at least 4 members (excludes halogenated alkanes) is 1. The first-order chi connectivity index (χ1) is 9.36. The quantitative estimate of drug-likeness (QED) is 0.633. The van der Waals surface area contributed by atoms with Gasteiger partial charge in [0.2, 0.25) is 0 Å². The standard InChI is InChI=1S/C8H16N2.C5H9NO4/c1-3-4-5-10-7-6-9(2)8-10;6-3(5(9)10)1-2-4(7)8/h6-7H,3-5,8H2,1-2H3;3H,1-2,6H2,(H,7,8)(H,9,10)/t;3-/m.0/s1. The first-order valence-electron chi connectivity index (χ1n) is 6.69. The topological polar surface area (TPSA) is 107 Å². The molecule has 0 spiro atoms. The zero-order chi connectivity index (χ0) is 15.5. The number of hydrogen-bond donors (Lipinski definition) is 3. The molecule has 0 fully saturated rings. The predicted octanol–water partition coefficient (Wildman–Crippen LogP) is 0.726. The van der Waals surface area contributed by atoms with E-state index < -0.39 is 18.0 Å². The van der Waals surface area contributed by atoms with Crippen molar-refractivity contribution in [2.45, 2.75) is 38.6 Å². The number of carboxylic acids is 2. The number of nitrogens with two attached hydrogens (primary N) is 1. The van der Waals surface area contributed by atoms with E-state index in [0.29, 0.717) is 0 Å². The number of hydrogen-bond acceptors (Lipinski definition) is 5. The van der Waals surface area contributed by atoms with Gasteiger partial charge < -0.3 is 25.7 Å². The fourth-order valence-corrected chi connectivity index (χ4v) is 1.50. The molecule has 0 bridgehead atoms. The molecule has 0 radical (unpaired) electrons. The Bertz CT molecular complexity index is 334. The van der Waals surface area contributed by atoms with Gasteiger partial charge in [-0.1, -0.05) is 13.3 Å². The zero-order valence-electron chi connectivity index (χ0n) is 12.2. The molecule has 0 aromatic carbocycles. The molecule has 7 heteroatoms. The van der Waals surface area contributed by atoms with Gasteiger partial charge in [0.05, 0.1) is 6.67 Å². The lowest BCUT2D eigenvalue weighted by Gasteiger charge is -2.17. The summed E-state index contributed by atoms with van der Waals surface area (Å²) in [7, 11) is 2.10. The monoisotopic (exact) mass is 287 g/mol. The Kier molecular flexibility index (Phi) is 9.19. The third kappa shape index (κ3) is 9.21.